The minimum absolute atomic E-state index is 0.0567. The van der Waals surface area contributed by atoms with Crippen LogP contribution in [0.5, 0.6) is 5.75 Å². The number of nitrogens with two attached hydrogens (primary N) is 3. The summed E-state index contributed by atoms with van der Waals surface area (Å²) in [6, 6.07) is 14.6. The lowest BCUT2D eigenvalue weighted by Crippen LogP contribution is -2.53. The zero-order valence-electron chi connectivity index (χ0n) is 16.0. The summed E-state index contributed by atoms with van der Waals surface area (Å²) in [4.78, 5) is 12.8. The van der Waals surface area contributed by atoms with Gasteiger partial charge in [-0.05, 0) is 30.2 Å². The van der Waals surface area contributed by atoms with Crippen LogP contribution in [0.4, 0.5) is 11.4 Å². The molecule has 152 valence electrons. The molecule has 0 aromatic heterocycles. The first kappa shape index (κ1) is 19.1. The number of nitrogens with one attached hydrogen (secondary N) is 1. The summed E-state index contributed by atoms with van der Waals surface area (Å²) in [5, 5.41) is 4.46. The van der Waals surface area contributed by atoms with Crippen LogP contribution in [-0.4, -0.2) is 36.8 Å². The largest absolute Gasteiger partial charge is 0.487 e. The molecule has 1 fully saturated rings. The lowest BCUT2D eigenvalue weighted by Gasteiger charge is -2.39. The van der Waals surface area contributed by atoms with Crippen molar-refractivity contribution in [3.63, 3.8) is 0 Å². The van der Waals surface area contributed by atoms with E-state index in [1.165, 1.54) is 5.01 Å². The van der Waals surface area contributed by atoms with Crippen LogP contribution in [0.25, 0.3) is 0 Å². The predicted octanol–water partition coefficient (Wildman–Crippen LogP) is 1.30. The number of fused-ring (bicyclic) bond motifs is 2. The minimum Gasteiger partial charge on any atom is -0.487 e. The van der Waals surface area contributed by atoms with Crippen molar-refractivity contribution in [1.82, 2.24) is 5.01 Å². The molecule has 7 N–H and O–H groups in total. The number of nitrogen functional groups attached to an aromatic ring is 1. The van der Waals surface area contributed by atoms with Crippen LogP contribution < -0.4 is 27.4 Å². The third-order valence-corrected chi connectivity index (χ3v) is 5.37. The van der Waals surface area contributed by atoms with E-state index in [9.17, 15) is 4.79 Å². The van der Waals surface area contributed by atoms with E-state index < -0.39 is 5.41 Å². The standard InChI is InChI=1S/C21H25N5O3/c22-14-4-3-5-17(8-14)29-11-15(23)10-26(24)16-9-21(13-28-12-16)18-6-1-2-7-19(18)25-20(21)27/h1-8,10,16H,9,11-13,22-24H2,(H,25,27)/b15-10-. The number of carbonyl (C=O) groups is 1. The van der Waals surface area contributed by atoms with Crippen molar-refractivity contribution in [2.45, 2.75) is 17.9 Å². The van der Waals surface area contributed by atoms with Gasteiger partial charge in [0.25, 0.3) is 0 Å². The Kier molecular flexibility index (Phi) is 5.04. The maximum absolute atomic E-state index is 12.8. The van der Waals surface area contributed by atoms with Crippen LogP contribution in [0.2, 0.25) is 0 Å². The Hall–Kier alpha value is -3.23. The molecule has 0 saturated carbocycles. The number of para-hydroxylation sites is 1. The van der Waals surface area contributed by atoms with Gasteiger partial charge in [0.2, 0.25) is 5.91 Å². The molecule has 8 heteroatoms. The predicted molar refractivity (Wildman–Crippen MR) is 111 cm³/mol. The summed E-state index contributed by atoms with van der Waals surface area (Å²) >= 11 is 0. The smallest absolute Gasteiger partial charge is 0.237 e. The molecule has 4 rings (SSSR count). The van der Waals surface area contributed by atoms with Crippen molar-refractivity contribution in [2.24, 2.45) is 11.6 Å². The van der Waals surface area contributed by atoms with E-state index in [2.05, 4.69) is 5.32 Å². The topological polar surface area (TPSA) is 129 Å². The summed E-state index contributed by atoms with van der Waals surface area (Å²) < 4.78 is 11.4. The molecule has 1 amide bonds. The first-order valence-electron chi connectivity index (χ1n) is 9.44. The Morgan fingerprint density at radius 3 is 2.97 bits per heavy atom. The average molecular weight is 395 g/mol. The number of hydrogen-bond acceptors (Lipinski definition) is 7. The number of hydrogen-bond donors (Lipinski definition) is 4. The Morgan fingerprint density at radius 1 is 1.31 bits per heavy atom. The van der Waals surface area contributed by atoms with Crippen molar-refractivity contribution < 1.29 is 14.3 Å². The number of anilines is 2. The fraction of sp³-hybridized carbons (Fsp3) is 0.286. The van der Waals surface area contributed by atoms with Crippen molar-refractivity contribution >= 4 is 17.3 Å². The van der Waals surface area contributed by atoms with Crippen LogP contribution in [0.3, 0.4) is 0 Å². The molecule has 2 unspecified atom stereocenters. The van der Waals surface area contributed by atoms with Gasteiger partial charge in [-0.15, -0.1) is 0 Å². The van der Waals surface area contributed by atoms with Gasteiger partial charge < -0.3 is 31.3 Å². The van der Waals surface area contributed by atoms with E-state index in [0.29, 0.717) is 36.8 Å². The lowest BCUT2D eigenvalue weighted by molar-refractivity contribution is -0.127. The summed E-state index contributed by atoms with van der Waals surface area (Å²) in [7, 11) is 0. The molecule has 2 atom stereocenters. The maximum atomic E-state index is 12.8. The fourth-order valence-corrected chi connectivity index (χ4v) is 3.91. The van der Waals surface area contributed by atoms with Gasteiger partial charge in [-0.25, -0.2) is 5.84 Å². The van der Waals surface area contributed by atoms with Crippen LogP contribution in [0.1, 0.15) is 12.0 Å². The zero-order valence-corrected chi connectivity index (χ0v) is 16.0. The number of nitrogens with zero attached hydrogens (tertiary/aromatic N) is 1. The number of carbonyl (C=O) groups excluding carboxylic acids is 1. The average Bonchev–Trinajstić information content (AvgIpc) is 2.98. The van der Waals surface area contributed by atoms with Crippen LogP contribution >= 0.6 is 0 Å². The zero-order chi connectivity index (χ0) is 20.4. The molecule has 1 saturated heterocycles. The van der Waals surface area contributed by atoms with Crippen molar-refractivity contribution in [3.05, 3.63) is 66.0 Å². The number of amides is 1. The molecule has 2 aliphatic heterocycles. The molecule has 2 aromatic rings. The number of benzene rings is 2. The van der Waals surface area contributed by atoms with Gasteiger partial charge in [-0.3, -0.25) is 4.79 Å². The molecule has 2 aromatic carbocycles. The third-order valence-electron chi connectivity index (χ3n) is 5.37. The van der Waals surface area contributed by atoms with E-state index in [0.717, 1.165) is 11.3 Å². The SMILES string of the molecule is N/C(=C\N(N)C1COCC2(C1)C(=O)Nc1ccccc12)COc1cccc(N)c1. The summed E-state index contributed by atoms with van der Waals surface area (Å²) in [6.07, 6.45) is 2.16. The van der Waals surface area contributed by atoms with Crippen molar-refractivity contribution in [1.29, 1.82) is 0 Å². The number of ether oxygens (including phenoxy) is 2. The second-order valence-corrected chi connectivity index (χ2v) is 7.47. The van der Waals surface area contributed by atoms with Crippen LogP contribution in [0.15, 0.2) is 60.4 Å². The van der Waals surface area contributed by atoms with Crippen LogP contribution in [0, 0.1) is 0 Å². The van der Waals surface area contributed by atoms with Gasteiger partial charge in [0, 0.05) is 23.6 Å². The second-order valence-electron chi connectivity index (χ2n) is 7.47. The maximum Gasteiger partial charge on any atom is 0.237 e. The minimum atomic E-state index is -0.738. The van der Waals surface area contributed by atoms with E-state index in [4.69, 9.17) is 26.8 Å². The summed E-state index contributed by atoms with van der Waals surface area (Å²) in [6.45, 7) is 0.907. The lowest BCUT2D eigenvalue weighted by atomic mass is 9.75. The first-order valence-corrected chi connectivity index (χ1v) is 9.44. The van der Waals surface area contributed by atoms with Gasteiger partial charge in [-0.2, -0.15) is 0 Å². The van der Waals surface area contributed by atoms with Crippen LogP contribution in [-0.2, 0) is 14.9 Å². The quantitative estimate of drug-likeness (QED) is 0.341. The molecule has 2 heterocycles. The second kappa shape index (κ2) is 7.65. The van der Waals surface area contributed by atoms with Gasteiger partial charge in [0.1, 0.15) is 17.8 Å². The van der Waals surface area contributed by atoms with Gasteiger partial charge >= 0.3 is 0 Å². The van der Waals surface area contributed by atoms with Gasteiger partial charge in [-0.1, -0.05) is 24.3 Å². The fourth-order valence-electron chi connectivity index (χ4n) is 3.91. The first-order chi connectivity index (χ1) is 14.0. The molecule has 29 heavy (non-hydrogen) atoms. The van der Waals surface area contributed by atoms with E-state index >= 15 is 0 Å². The van der Waals surface area contributed by atoms with E-state index in [1.54, 1.807) is 24.4 Å². The molecular weight excluding hydrogens is 370 g/mol. The molecular formula is C21H25N5O3. The summed E-state index contributed by atoms with van der Waals surface area (Å²) in [5.74, 6) is 6.82. The highest BCUT2D eigenvalue weighted by molar-refractivity contribution is 6.06. The van der Waals surface area contributed by atoms with E-state index in [-0.39, 0.29) is 18.6 Å². The highest BCUT2D eigenvalue weighted by atomic mass is 16.5. The molecule has 1 spiro atoms. The normalized spacial score (nSPS) is 23.6. The Balaban J connectivity index is 1.44. The number of rotatable bonds is 5. The third kappa shape index (κ3) is 3.72. The summed E-state index contributed by atoms with van der Waals surface area (Å²) in [5.41, 5.74) is 13.9. The van der Waals surface area contributed by atoms with Crippen molar-refractivity contribution in [2.75, 3.05) is 30.9 Å². The Morgan fingerprint density at radius 2 is 2.14 bits per heavy atom. The molecule has 8 nitrogen and oxygen atoms in total. The molecule has 0 aliphatic carbocycles. The van der Waals surface area contributed by atoms with E-state index in [1.807, 2.05) is 30.3 Å². The molecule has 0 radical (unpaired) electrons. The monoisotopic (exact) mass is 395 g/mol. The molecule has 2 aliphatic rings. The van der Waals surface area contributed by atoms with Gasteiger partial charge in [0.15, 0.2) is 0 Å². The molecule has 0 bridgehead atoms. The highest BCUT2D eigenvalue weighted by Gasteiger charge is 2.50. The number of hydrazine groups is 1. The van der Waals surface area contributed by atoms with Gasteiger partial charge in [0.05, 0.1) is 25.0 Å². The highest BCUT2D eigenvalue weighted by Crippen LogP contribution is 2.43. The van der Waals surface area contributed by atoms with Crippen molar-refractivity contribution in [3.8, 4) is 5.75 Å². The Labute approximate surface area is 169 Å². The Bertz CT molecular complexity index is 947.